The smallest absolute Gasteiger partial charge is 0.244 e. The molecule has 0 bridgehead atoms. The molecule has 0 aliphatic carbocycles. The molecular weight excluding hydrogens is 294 g/mol. The van der Waals surface area contributed by atoms with Crippen molar-refractivity contribution in [2.75, 3.05) is 19.4 Å². The first-order valence-corrected chi connectivity index (χ1v) is 8.05. The predicted octanol–water partition coefficient (Wildman–Crippen LogP) is 0.143. The summed E-state index contributed by atoms with van der Waals surface area (Å²) in [6.45, 7) is 2.06. The van der Waals surface area contributed by atoms with Gasteiger partial charge in [0.25, 0.3) is 0 Å². The van der Waals surface area contributed by atoms with Gasteiger partial charge in [-0.05, 0) is 31.0 Å². The molecule has 7 nitrogen and oxygen atoms in total. The van der Waals surface area contributed by atoms with Gasteiger partial charge in [0, 0.05) is 24.7 Å². The van der Waals surface area contributed by atoms with Crippen molar-refractivity contribution in [1.82, 2.24) is 10.0 Å². The molecule has 1 fully saturated rings. The first-order chi connectivity index (χ1) is 9.83. The quantitative estimate of drug-likeness (QED) is 0.685. The minimum Gasteiger partial charge on any atom is -0.495 e. The van der Waals surface area contributed by atoms with Crippen molar-refractivity contribution in [3.05, 3.63) is 17.7 Å². The Balaban J connectivity index is 2.27. The van der Waals surface area contributed by atoms with Gasteiger partial charge < -0.3 is 15.8 Å². The number of hydrogen-bond acceptors (Lipinski definition) is 5. The summed E-state index contributed by atoms with van der Waals surface area (Å²) >= 11 is 0. The summed E-state index contributed by atoms with van der Waals surface area (Å²) in [6.07, 6.45) is 0.773. The number of benzene rings is 1. The predicted molar refractivity (Wildman–Crippen MR) is 78.5 cm³/mol. The molecule has 4 N–H and O–H groups in total. The third kappa shape index (κ3) is 3.45. The maximum Gasteiger partial charge on any atom is 0.244 e. The van der Waals surface area contributed by atoms with Crippen LogP contribution < -0.4 is 20.5 Å². The number of aryl methyl sites for hydroxylation is 1. The van der Waals surface area contributed by atoms with E-state index < -0.39 is 10.0 Å². The van der Waals surface area contributed by atoms with Crippen molar-refractivity contribution in [2.45, 2.75) is 30.7 Å². The third-order valence-electron chi connectivity index (χ3n) is 3.43. The molecule has 1 amide bonds. The summed E-state index contributed by atoms with van der Waals surface area (Å²) in [5, 5.41) is 2.63. The summed E-state index contributed by atoms with van der Waals surface area (Å²) in [5.74, 6) is 0.177. The molecule has 116 valence electrons. The summed E-state index contributed by atoms with van der Waals surface area (Å²) < 4.78 is 32.6. The van der Waals surface area contributed by atoms with Gasteiger partial charge >= 0.3 is 0 Å². The number of ether oxygens (including phenoxy) is 1. The molecule has 1 aliphatic heterocycles. The van der Waals surface area contributed by atoms with Crippen molar-refractivity contribution >= 4 is 21.6 Å². The zero-order valence-electron chi connectivity index (χ0n) is 12.0. The molecule has 1 aliphatic rings. The van der Waals surface area contributed by atoms with Gasteiger partial charge in [-0.15, -0.1) is 0 Å². The Morgan fingerprint density at radius 3 is 2.71 bits per heavy atom. The second-order valence-corrected chi connectivity index (χ2v) is 6.70. The number of anilines is 1. The van der Waals surface area contributed by atoms with E-state index >= 15 is 0 Å². The monoisotopic (exact) mass is 313 g/mol. The van der Waals surface area contributed by atoms with Crippen LogP contribution in [0.25, 0.3) is 0 Å². The number of amides is 1. The molecule has 1 atom stereocenters. The first-order valence-electron chi connectivity index (χ1n) is 6.56. The second kappa shape index (κ2) is 5.90. The Morgan fingerprint density at radius 2 is 2.14 bits per heavy atom. The van der Waals surface area contributed by atoms with Crippen LogP contribution in [0.15, 0.2) is 17.0 Å². The lowest BCUT2D eigenvalue weighted by Gasteiger charge is -2.24. The number of methoxy groups -OCH3 is 1. The number of nitrogen functional groups attached to an aromatic ring is 1. The lowest BCUT2D eigenvalue weighted by atomic mass is 10.1. The second-order valence-electron chi connectivity index (χ2n) is 5.02. The molecule has 1 heterocycles. The van der Waals surface area contributed by atoms with Crippen LogP contribution in [0, 0.1) is 6.92 Å². The minimum atomic E-state index is -3.77. The molecule has 0 spiro atoms. The molecule has 0 radical (unpaired) electrons. The van der Waals surface area contributed by atoms with Gasteiger partial charge in [0.1, 0.15) is 10.6 Å². The maximum atomic E-state index is 12.5. The van der Waals surface area contributed by atoms with E-state index in [4.69, 9.17) is 10.5 Å². The van der Waals surface area contributed by atoms with E-state index in [0.717, 1.165) is 5.56 Å². The largest absolute Gasteiger partial charge is 0.495 e. The van der Waals surface area contributed by atoms with Crippen LogP contribution in [0.2, 0.25) is 0 Å². The number of carbonyl (C=O) groups excluding carboxylic acids is 1. The van der Waals surface area contributed by atoms with Crippen molar-refractivity contribution in [3.63, 3.8) is 0 Å². The van der Waals surface area contributed by atoms with Crippen molar-refractivity contribution in [3.8, 4) is 5.75 Å². The van der Waals surface area contributed by atoms with Gasteiger partial charge in [0.15, 0.2) is 0 Å². The van der Waals surface area contributed by atoms with E-state index in [1.807, 2.05) is 0 Å². The van der Waals surface area contributed by atoms with E-state index in [-0.39, 0.29) is 29.1 Å². The Bertz CT molecular complexity index is 648. The summed E-state index contributed by atoms with van der Waals surface area (Å²) in [7, 11) is -2.36. The molecule has 1 aromatic carbocycles. The van der Waals surface area contributed by atoms with Crippen LogP contribution in [0.5, 0.6) is 5.75 Å². The van der Waals surface area contributed by atoms with Crippen LogP contribution in [-0.4, -0.2) is 34.0 Å². The Morgan fingerprint density at radius 1 is 1.43 bits per heavy atom. The number of nitrogens with two attached hydrogens (primary N) is 1. The highest BCUT2D eigenvalue weighted by atomic mass is 32.2. The average molecular weight is 313 g/mol. The lowest BCUT2D eigenvalue weighted by molar-refractivity contribution is -0.122. The van der Waals surface area contributed by atoms with Gasteiger partial charge in [-0.1, -0.05) is 0 Å². The zero-order chi connectivity index (χ0) is 15.6. The molecule has 2 rings (SSSR count). The zero-order valence-corrected chi connectivity index (χ0v) is 12.8. The first kappa shape index (κ1) is 15.6. The van der Waals surface area contributed by atoms with Crippen molar-refractivity contribution in [1.29, 1.82) is 0 Å². The molecule has 8 heteroatoms. The average Bonchev–Trinajstić information content (AvgIpc) is 2.43. The topological polar surface area (TPSA) is 111 Å². The minimum absolute atomic E-state index is 0.00463. The number of sulfonamides is 1. The third-order valence-corrected chi connectivity index (χ3v) is 4.97. The Hall–Kier alpha value is -1.80. The van der Waals surface area contributed by atoms with Crippen molar-refractivity contribution in [2.24, 2.45) is 0 Å². The molecule has 21 heavy (non-hydrogen) atoms. The molecule has 1 unspecified atom stereocenters. The van der Waals surface area contributed by atoms with E-state index in [2.05, 4.69) is 10.0 Å². The van der Waals surface area contributed by atoms with Gasteiger partial charge in [0.2, 0.25) is 15.9 Å². The normalized spacial score (nSPS) is 19.1. The van der Waals surface area contributed by atoms with E-state index in [1.54, 1.807) is 13.0 Å². The molecule has 0 saturated carbocycles. The SMILES string of the molecule is COc1cc(C)c(N)cc1S(=O)(=O)NC1CCC(=O)NC1. The standard InChI is InChI=1S/C13H19N3O4S/c1-8-5-11(20-2)12(6-10(8)14)21(18,19)16-9-3-4-13(17)15-7-9/h5-6,9,16H,3-4,7,14H2,1-2H3,(H,15,17). The molecule has 1 saturated heterocycles. The molecule has 0 aromatic heterocycles. The fraction of sp³-hybridized carbons (Fsp3) is 0.462. The molecular formula is C13H19N3O4S. The van der Waals surface area contributed by atoms with Crippen molar-refractivity contribution < 1.29 is 17.9 Å². The Labute approximate surface area is 123 Å². The van der Waals surface area contributed by atoms with Crippen LogP contribution in [-0.2, 0) is 14.8 Å². The van der Waals surface area contributed by atoms with Crippen LogP contribution >= 0.6 is 0 Å². The number of carbonyl (C=O) groups is 1. The van der Waals surface area contributed by atoms with E-state index in [9.17, 15) is 13.2 Å². The fourth-order valence-electron chi connectivity index (χ4n) is 2.16. The Kier molecular flexibility index (Phi) is 4.38. The lowest BCUT2D eigenvalue weighted by Crippen LogP contribution is -2.47. The highest BCUT2D eigenvalue weighted by Crippen LogP contribution is 2.29. The van der Waals surface area contributed by atoms with Crippen LogP contribution in [0.3, 0.4) is 0 Å². The van der Waals surface area contributed by atoms with E-state index in [1.165, 1.54) is 13.2 Å². The van der Waals surface area contributed by atoms with E-state index in [0.29, 0.717) is 18.5 Å². The van der Waals surface area contributed by atoms with Crippen LogP contribution in [0.4, 0.5) is 5.69 Å². The molecule has 1 aromatic rings. The highest BCUT2D eigenvalue weighted by Gasteiger charge is 2.27. The summed E-state index contributed by atoms with van der Waals surface area (Å²) in [4.78, 5) is 11.1. The number of hydrogen-bond donors (Lipinski definition) is 3. The fourth-order valence-corrected chi connectivity index (χ4v) is 3.62. The number of rotatable bonds is 4. The van der Waals surface area contributed by atoms with Gasteiger partial charge in [-0.2, -0.15) is 0 Å². The summed E-state index contributed by atoms with van der Waals surface area (Å²) in [6, 6.07) is 2.64. The van der Waals surface area contributed by atoms with Crippen LogP contribution in [0.1, 0.15) is 18.4 Å². The number of nitrogens with one attached hydrogen (secondary N) is 2. The number of piperidine rings is 1. The highest BCUT2D eigenvalue weighted by molar-refractivity contribution is 7.89. The maximum absolute atomic E-state index is 12.5. The summed E-state index contributed by atoms with van der Waals surface area (Å²) in [5.41, 5.74) is 6.92. The van der Waals surface area contributed by atoms with Gasteiger partial charge in [-0.25, -0.2) is 13.1 Å². The van der Waals surface area contributed by atoms with Gasteiger partial charge in [0.05, 0.1) is 7.11 Å². The van der Waals surface area contributed by atoms with Gasteiger partial charge in [-0.3, -0.25) is 4.79 Å².